The van der Waals surface area contributed by atoms with Crippen LogP contribution in [0.15, 0.2) is 36.9 Å². The Kier molecular flexibility index (Phi) is 4.48. The zero-order valence-electron chi connectivity index (χ0n) is 19.1. The number of hydrogen-bond donors (Lipinski definition) is 1. The number of nitrogens with zero attached hydrogens (tertiary/aromatic N) is 7. The summed E-state index contributed by atoms with van der Waals surface area (Å²) in [5, 5.41) is 15.8. The number of imidazole rings is 1. The van der Waals surface area contributed by atoms with Gasteiger partial charge in [-0.2, -0.15) is 9.83 Å². The Morgan fingerprint density at radius 1 is 1.06 bits per heavy atom. The van der Waals surface area contributed by atoms with Crippen LogP contribution in [0.1, 0.15) is 50.2 Å². The first-order valence-corrected chi connectivity index (χ1v) is 11.5. The van der Waals surface area contributed by atoms with E-state index in [1.54, 1.807) is 16.8 Å². The third kappa shape index (κ3) is 2.94. The zero-order valence-corrected chi connectivity index (χ0v) is 19.1. The molecule has 2 bridgehead atoms. The minimum absolute atomic E-state index is 0.118. The van der Waals surface area contributed by atoms with E-state index in [0.29, 0.717) is 34.4 Å². The molecule has 4 heterocycles. The van der Waals surface area contributed by atoms with E-state index in [4.69, 9.17) is 9.72 Å². The standard InChI is InChI=1S/C24H25N7O3/c1-15-25-12-5-17(28-15)19-20(16-3-4-18-26-14-27-30(18)13-16)31(33)21(29-19)23-6-9-24(10-7-23,11-8-23)22(32)34-2/h3-5,12-14,33H,6-11H2,1-2H3. The van der Waals surface area contributed by atoms with Gasteiger partial charge in [-0.25, -0.2) is 24.5 Å². The summed E-state index contributed by atoms with van der Waals surface area (Å²) in [7, 11) is 1.46. The second-order valence-corrected chi connectivity index (χ2v) is 9.47. The van der Waals surface area contributed by atoms with Crippen molar-refractivity contribution in [1.29, 1.82) is 0 Å². The SMILES string of the molecule is COC(=O)C12CCC(c3nc(-c4ccnc(C)n4)c(-c4ccc5ncnn5c4)n3O)(CC1)CC2. The maximum Gasteiger partial charge on any atom is 0.311 e. The lowest BCUT2D eigenvalue weighted by Crippen LogP contribution is -2.49. The predicted molar refractivity (Wildman–Crippen MR) is 121 cm³/mol. The average Bonchev–Trinajstić information content (AvgIpc) is 3.48. The molecule has 0 amide bonds. The summed E-state index contributed by atoms with van der Waals surface area (Å²) >= 11 is 0. The van der Waals surface area contributed by atoms with Gasteiger partial charge in [-0.1, -0.05) is 0 Å². The highest BCUT2D eigenvalue weighted by molar-refractivity contribution is 5.79. The molecule has 3 aliphatic carbocycles. The summed E-state index contributed by atoms with van der Waals surface area (Å²) in [6, 6.07) is 5.56. The average molecular weight is 460 g/mol. The quantitative estimate of drug-likeness (QED) is 0.364. The van der Waals surface area contributed by atoms with Gasteiger partial charge >= 0.3 is 5.97 Å². The van der Waals surface area contributed by atoms with Crippen molar-refractivity contribution in [3.63, 3.8) is 0 Å². The van der Waals surface area contributed by atoms with Crippen LogP contribution in [0.2, 0.25) is 0 Å². The molecule has 174 valence electrons. The maximum atomic E-state index is 12.5. The number of methoxy groups -OCH3 is 1. The molecule has 0 aromatic carbocycles. The molecule has 1 N–H and O–H groups in total. The van der Waals surface area contributed by atoms with E-state index < -0.39 is 5.41 Å². The Morgan fingerprint density at radius 3 is 2.53 bits per heavy atom. The van der Waals surface area contributed by atoms with E-state index in [-0.39, 0.29) is 11.4 Å². The monoisotopic (exact) mass is 459 g/mol. The largest absolute Gasteiger partial charge is 0.469 e. The highest BCUT2D eigenvalue weighted by Crippen LogP contribution is 2.58. The number of carbonyl (C=O) groups excluding carboxylic acids is 1. The number of pyridine rings is 1. The van der Waals surface area contributed by atoms with Crippen LogP contribution in [0.25, 0.3) is 28.3 Å². The number of aromatic nitrogens is 7. The van der Waals surface area contributed by atoms with Gasteiger partial charge in [-0.05, 0) is 63.6 Å². The lowest BCUT2D eigenvalue weighted by molar-refractivity contribution is -0.160. The van der Waals surface area contributed by atoms with Crippen molar-refractivity contribution >= 4 is 11.6 Å². The summed E-state index contributed by atoms with van der Waals surface area (Å²) in [6.45, 7) is 1.83. The summed E-state index contributed by atoms with van der Waals surface area (Å²) in [4.78, 5) is 30.5. The van der Waals surface area contributed by atoms with Crippen LogP contribution in [-0.4, -0.2) is 52.6 Å². The highest BCUT2D eigenvalue weighted by Gasteiger charge is 2.55. The van der Waals surface area contributed by atoms with E-state index in [9.17, 15) is 10.0 Å². The van der Waals surface area contributed by atoms with Gasteiger partial charge in [0.25, 0.3) is 0 Å². The van der Waals surface area contributed by atoms with Gasteiger partial charge in [-0.15, -0.1) is 0 Å². The van der Waals surface area contributed by atoms with Crippen molar-refractivity contribution in [3.8, 4) is 22.6 Å². The van der Waals surface area contributed by atoms with E-state index in [2.05, 4.69) is 20.1 Å². The van der Waals surface area contributed by atoms with Crippen LogP contribution in [0.4, 0.5) is 0 Å². The van der Waals surface area contributed by atoms with Gasteiger partial charge in [-0.3, -0.25) is 4.79 Å². The fourth-order valence-electron chi connectivity index (χ4n) is 5.78. The lowest BCUT2D eigenvalue weighted by Gasteiger charge is -2.50. The summed E-state index contributed by atoms with van der Waals surface area (Å²) < 4.78 is 8.00. The Morgan fingerprint density at radius 2 is 1.82 bits per heavy atom. The van der Waals surface area contributed by atoms with Crippen LogP contribution in [0.3, 0.4) is 0 Å². The number of aryl methyl sites for hydroxylation is 1. The molecule has 3 fully saturated rings. The second kappa shape index (κ2) is 7.34. The smallest absolute Gasteiger partial charge is 0.311 e. The van der Waals surface area contributed by atoms with E-state index in [1.807, 2.05) is 25.3 Å². The molecule has 0 aliphatic heterocycles. The maximum absolute atomic E-state index is 12.5. The third-order valence-electron chi connectivity index (χ3n) is 7.76. The predicted octanol–water partition coefficient (Wildman–Crippen LogP) is 3.36. The van der Waals surface area contributed by atoms with Gasteiger partial charge < -0.3 is 9.94 Å². The molecular formula is C24H25N7O3. The van der Waals surface area contributed by atoms with E-state index in [0.717, 1.165) is 44.1 Å². The summed E-state index contributed by atoms with van der Waals surface area (Å²) in [6.07, 6.45) is 9.51. The van der Waals surface area contributed by atoms with E-state index >= 15 is 0 Å². The Labute approximate surface area is 195 Å². The molecule has 0 radical (unpaired) electrons. The number of esters is 1. The fraction of sp³-hybridized carbons (Fsp3) is 0.417. The molecule has 10 nitrogen and oxygen atoms in total. The fourth-order valence-corrected chi connectivity index (χ4v) is 5.78. The molecule has 3 aliphatic rings. The van der Waals surface area contributed by atoms with Crippen LogP contribution < -0.4 is 0 Å². The number of hydrogen-bond acceptors (Lipinski definition) is 8. The molecule has 10 heteroatoms. The van der Waals surface area contributed by atoms with Crippen LogP contribution in [-0.2, 0) is 14.9 Å². The van der Waals surface area contributed by atoms with Gasteiger partial charge in [0.15, 0.2) is 11.5 Å². The van der Waals surface area contributed by atoms with Gasteiger partial charge in [0, 0.05) is 23.4 Å². The van der Waals surface area contributed by atoms with Crippen LogP contribution in [0, 0.1) is 12.3 Å². The number of rotatable bonds is 4. The van der Waals surface area contributed by atoms with Gasteiger partial charge in [0.1, 0.15) is 23.5 Å². The summed E-state index contributed by atoms with van der Waals surface area (Å²) in [5.41, 5.74) is 2.53. The normalized spacial score (nSPS) is 23.9. The van der Waals surface area contributed by atoms with Crippen molar-refractivity contribution in [1.82, 2.24) is 34.3 Å². The van der Waals surface area contributed by atoms with Crippen molar-refractivity contribution in [3.05, 3.63) is 48.6 Å². The van der Waals surface area contributed by atoms with Crippen molar-refractivity contribution < 1.29 is 14.7 Å². The number of ether oxygens (including phenoxy) is 1. The molecule has 0 unspecified atom stereocenters. The minimum Gasteiger partial charge on any atom is -0.469 e. The number of carbonyl (C=O) groups is 1. The first kappa shape index (κ1) is 20.8. The molecule has 0 spiro atoms. The molecule has 0 atom stereocenters. The van der Waals surface area contributed by atoms with Crippen LogP contribution >= 0.6 is 0 Å². The topological polar surface area (TPSA) is 120 Å². The molecule has 0 saturated heterocycles. The van der Waals surface area contributed by atoms with Crippen molar-refractivity contribution in [2.24, 2.45) is 5.41 Å². The lowest BCUT2D eigenvalue weighted by atomic mass is 9.53. The molecule has 34 heavy (non-hydrogen) atoms. The number of fused-ring (bicyclic) bond motifs is 4. The van der Waals surface area contributed by atoms with Crippen LogP contribution in [0.5, 0.6) is 0 Å². The van der Waals surface area contributed by atoms with E-state index in [1.165, 1.54) is 18.2 Å². The Hall–Kier alpha value is -3.82. The Bertz CT molecular complexity index is 1400. The minimum atomic E-state index is -0.406. The zero-order chi connectivity index (χ0) is 23.5. The first-order chi connectivity index (χ1) is 16.4. The van der Waals surface area contributed by atoms with Crippen molar-refractivity contribution in [2.45, 2.75) is 50.9 Å². The van der Waals surface area contributed by atoms with Crippen molar-refractivity contribution in [2.75, 3.05) is 7.11 Å². The van der Waals surface area contributed by atoms with Gasteiger partial charge in [0.05, 0.1) is 18.2 Å². The molecule has 4 aromatic heterocycles. The highest BCUT2D eigenvalue weighted by atomic mass is 16.5. The third-order valence-corrected chi connectivity index (χ3v) is 7.76. The first-order valence-electron chi connectivity index (χ1n) is 11.5. The molecule has 4 aromatic rings. The molecular weight excluding hydrogens is 434 g/mol. The molecule has 3 saturated carbocycles. The summed E-state index contributed by atoms with van der Waals surface area (Å²) in [5.74, 6) is 1.12. The molecule has 7 rings (SSSR count). The Balaban J connectivity index is 1.50. The van der Waals surface area contributed by atoms with Gasteiger partial charge in [0.2, 0.25) is 0 Å². The second-order valence-electron chi connectivity index (χ2n) is 9.47.